The molecule has 0 bridgehead atoms. The maximum Gasteiger partial charge on any atom is 0.356 e. The average Bonchev–Trinajstić information content (AvgIpc) is 2.85. The Balaban J connectivity index is 2.01. The molecule has 2 aliphatic carbocycles. The summed E-state index contributed by atoms with van der Waals surface area (Å²) in [6.45, 7) is 0. The predicted octanol–water partition coefficient (Wildman–Crippen LogP) is 1.58. The highest BCUT2D eigenvalue weighted by Gasteiger charge is 2.35. The van der Waals surface area contributed by atoms with Crippen LogP contribution in [0.2, 0.25) is 0 Å². The fourth-order valence-electron chi connectivity index (χ4n) is 2.03. The van der Waals surface area contributed by atoms with Crippen molar-refractivity contribution >= 4 is 5.97 Å². The van der Waals surface area contributed by atoms with Crippen molar-refractivity contribution in [3.63, 3.8) is 0 Å². The molecule has 5 nitrogen and oxygen atoms in total. The number of aromatic nitrogens is 3. The average molecular weight is 207 g/mol. The van der Waals surface area contributed by atoms with Crippen LogP contribution in [0.25, 0.3) is 0 Å². The first-order valence-corrected chi connectivity index (χ1v) is 5.45. The maximum absolute atomic E-state index is 11.2. The van der Waals surface area contributed by atoms with Crippen LogP contribution in [0.15, 0.2) is 0 Å². The van der Waals surface area contributed by atoms with Gasteiger partial charge < -0.3 is 5.11 Å². The smallest absolute Gasteiger partial charge is 0.356 e. The fourth-order valence-corrected chi connectivity index (χ4v) is 2.03. The van der Waals surface area contributed by atoms with Gasteiger partial charge >= 0.3 is 5.97 Å². The molecule has 0 aliphatic heterocycles. The minimum Gasteiger partial charge on any atom is -0.476 e. The summed E-state index contributed by atoms with van der Waals surface area (Å²) in [6.07, 6.45) is 5.36. The molecule has 2 fully saturated rings. The van der Waals surface area contributed by atoms with Crippen LogP contribution in [0.5, 0.6) is 0 Å². The van der Waals surface area contributed by atoms with Gasteiger partial charge in [0.2, 0.25) is 0 Å². The summed E-state index contributed by atoms with van der Waals surface area (Å²) in [5.41, 5.74) is 1.04. The molecule has 0 aromatic carbocycles. The van der Waals surface area contributed by atoms with Crippen LogP contribution >= 0.6 is 0 Å². The Bertz CT molecular complexity index is 405. The highest BCUT2D eigenvalue weighted by atomic mass is 16.4. The molecule has 80 valence electrons. The third-order valence-corrected chi connectivity index (χ3v) is 3.31. The summed E-state index contributed by atoms with van der Waals surface area (Å²) < 4.78 is 1.62. The van der Waals surface area contributed by atoms with Crippen LogP contribution in [0, 0.1) is 0 Å². The number of hydrogen-bond acceptors (Lipinski definition) is 3. The maximum atomic E-state index is 11.2. The van der Waals surface area contributed by atoms with Crippen LogP contribution < -0.4 is 0 Å². The van der Waals surface area contributed by atoms with E-state index in [1.54, 1.807) is 4.68 Å². The quantitative estimate of drug-likeness (QED) is 0.817. The molecule has 0 amide bonds. The largest absolute Gasteiger partial charge is 0.476 e. The van der Waals surface area contributed by atoms with E-state index in [1.165, 1.54) is 6.42 Å². The van der Waals surface area contributed by atoms with E-state index in [9.17, 15) is 9.90 Å². The second-order valence-corrected chi connectivity index (χ2v) is 4.43. The molecule has 0 unspecified atom stereocenters. The number of nitrogens with zero attached hydrogens (tertiary/aromatic N) is 3. The van der Waals surface area contributed by atoms with Gasteiger partial charge in [0.05, 0.1) is 6.04 Å². The van der Waals surface area contributed by atoms with E-state index in [1.807, 2.05) is 0 Å². The van der Waals surface area contributed by atoms with E-state index in [2.05, 4.69) is 10.3 Å². The molecule has 0 atom stereocenters. The van der Waals surface area contributed by atoms with E-state index >= 15 is 0 Å². The molecule has 15 heavy (non-hydrogen) atoms. The summed E-state index contributed by atoms with van der Waals surface area (Å²) >= 11 is 0. The third-order valence-electron chi connectivity index (χ3n) is 3.31. The highest BCUT2D eigenvalue weighted by molar-refractivity contribution is 5.87. The van der Waals surface area contributed by atoms with Gasteiger partial charge in [0.1, 0.15) is 5.69 Å². The van der Waals surface area contributed by atoms with E-state index in [0.717, 1.165) is 25.7 Å². The number of carboxylic acids is 1. The van der Waals surface area contributed by atoms with E-state index < -0.39 is 5.97 Å². The molecule has 2 saturated carbocycles. The first kappa shape index (κ1) is 8.88. The van der Waals surface area contributed by atoms with Crippen LogP contribution in [0.3, 0.4) is 0 Å². The van der Waals surface area contributed by atoms with Gasteiger partial charge in [0.25, 0.3) is 0 Å². The SMILES string of the molecule is O=C(O)c1c(C2CC2)nnn1C1CCC1. The zero-order chi connectivity index (χ0) is 10.4. The van der Waals surface area contributed by atoms with Gasteiger partial charge in [-0.2, -0.15) is 0 Å². The predicted molar refractivity (Wildman–Crippen MR) is 51.8 cm³/mol. The number of hydrogen-bond donors (Lipinski definition) is 1. The Hall–Kier alpha value is -1.39. The molecule has 5 heteroatoms. The molecule has 3 rings (SSSR count). The van der Waals surface area contributed by atoms with Crippen molar-refractivity contribution in [2.75, 3.05) is 0 Å². The van der Waals surface area contributed by atoms with E-state index in [4.69, 9.17) is 0 Å². The van der Waals surface area contributed by atoms with Crippen molar-refractivity contribution in [3.05, 3.63) is 11.4 Å². The normalized spacial score (nSPS) is 21.3. The minimum atomic E-state index is -0.881. The lowest BCUT2D eigenvalue weighted by Crippen LogP contribution is -2.22. The topological polar surface area (TPSA) is 68.0 Å². The molecular weight excluding hydrogens is 194 g/mol. The molecule has 1 aromatic rings. The van der Waals surface area contributed by atoms with Crippen LogP contribution in [-0.2, 0) is 0 Å². The second kappa shape index (κ2) is 3.05. The minimum absolute atomic E-state index is 0.274. The van der Waals surface area contributed by atoms with Gasteiger partial charge in [0.15, 0.2) is 5.69 Å². The van der Waals surface area contributed by atoms with Gasteiger partial charge in [-0.15, -0.1) is 5.10 Å². The lowest BCUT2D eigenvalue weighted by molar-refractivity contribution is 0.0674. The van der Waals surface area contributed by atoms with Gasteiger partial charge in [-0.25, -0.2) is 9.48 Å². The van der Waals surface area contributed by atoms with Crippen molar-refractivity contribution in [1.29, 1.82) is 0 Å². The first-order chi connectivity index (χ1) is 7.27. The molecule has 1 N–H and O–H groups in total. The Kier molecular flexibility index (Phi) is 1.81. The summed E-state index contributed by atoms with van der Waals surface area (Å²) in [6, 6.07) is 0.274. The lowest BCUT2D eigenvalue weighted by atomic mass is 9.93. The van der Waals surface area contributed by atoms with E-state index in [-0.39, 0.29) is 6.04 Å². The molecule has 0 radical (unpaired) electrons. The van der Waals surface area contributed by atoms with Crippen molar-refractivity contribution in [1.82, 2.24) is 15.0 Å². The van der Waals surface area contributed by atoms with Crippen molar-refractivity contribution in [3.8, 4) is 0 Å². The molecular formula is C10H13N3O2. The number of carbonyl (C=O) groups is 1. The molecule has 0 saturated heterocycles. The van der Waals surface area contributed by atoms with E-state index in [0.29, 0.717) is 17.3 Å². The van der Waals surface area contributed by atoms with Crippen molar-refractivity contribution in [2.24, 2.45) is 0 Å². The summed E-state index contributed by atoms with van der Waals surface area (Å²) in [4.78, 5) is 11.2. The summed E-state index contributed by atoms with van der Waals surface area (Å²) in [5, 5.41) is 17.2. The standard InChI is InChI=1S/C10H13N3O2/c14-10(15)9-8(6-4-5-6)11-12-13(9)7-2-1-3-7/h6-7H,1-5H2,(H,14,15). The molecule has 1 heterocycles. The Labute approximate surface area is 87.1 Å². The van der Waals surface area contributed by atoms with Gasteiger partial charge in [-0.3, -0.25) is 0 Å². The van der Waals surface area contributed by atoms with Gasteiger partial charge in [-0.05, 0) is 32.1 Å². The van der Waals surface area contributed by atoms with Crippen LogP contribution in [0.4, 0.5) is 0 Å². The van der Waals surface area contributed by atoms with Gasteiger partial charge in [-0.1, -0.05) is 5.21 Å². The Morgan fingerprint density at radius 1 is 1.33 bits per heavy atom. The number of aromatic carboxylic acids is 1. The first-order valence-electron chi connectivity index (χ1n) is 5.45. The zero-order valence-corrected chi connectivity index (χ0v) is 8.39. The Morgan fingerprint density at radius 3 is 2.53 bits per heavy atom. The molecule has 2 aliphatic rings. The van der Waals surface area contributed by atoms with Crippen molar-refractivity contribution in [2.45, 2.75) is 44.1 Å². The third kappa shape index (κ3) is 1.33. The second-order valence-electron chi connectivity index (χ2n) is 4.43. The highest BCUT2D eigenvalue weighted by Crippen LogP contribution is 2.42. The lowest BCUT2D eigenvalue weighted by Gasteiger charge is -2.25. The number of rotatable bonds is 3. The van der Waals surface area contributed by atoms with Crippen LogP contribution in [0.1, 0.15) is 60.2 Å². The molecule has 0 spiro atoms. The van der Waals surface area contributed by atoms with Crippen LogP contribution in [-0.4, -0.2) is 26.1 Å². The number of carboxylic acid groups (broad SMARTS) is 1. The Morgan fingerprint density at radius 2 is 2.07 bits per heavy atom. The van der Waals surface area contributed by atoms with Gasteiger partial charge in [0, 0.05) is 5.92 Å². The molecule has 1 aromatic heterocycles. The summed E-state index contributed by atoms with van der Waals surface area (Å²) in [5.74, 6) is -0.529. The summed E-state index contributed by atoms with van der Waals surface area (Å²) in [7, 11) is 0. The zero-order valence-electron chi connectivity index (χ0n) is 8.39. The van der Waals surface area contributed by atoms with Crippen molar-refractivity contribution < 1.29 is 9.90 Å². The monoisotopic (exact) mass is 207 g/mol. The fraction of sp³-hybridized carbons (Fsp3) is 0.700.